The number of thioether (sulfide) groups is 1. The smallest absolute Gasteiger partial charge is 0.184 e. The second kappa shape index (κ2) is 6.53. The van der Waals surface area contributed by atoms with Crippen molar-refractivity contribution in [3.05, 3.63) is 83.7 Å². The monoisotopic (exact) mass is 336 g/mol. The second-order valence-electron chi connectivity index (χ2n) is 5.54. The molecule has 0 aliphatic carbocycles. The van der Waals surface area contributed by atoms with Crippen molar-refractivity contribution in [2.75, 3.05) is 0 Å². The minimum atomic E-state index is -0.125. The molecule has 4 nitrogen and oxygen atoms in total. The summed E-state index contributed by atoms with van der Waals surface area (Å²) < 4.78 is 11.2. The molecular weight excluding hydrogens is 320 g/mol. The summed E-state index contributed by atoms with van der Waals surface area (Å²) in [6.07, 6.45) is 5.22. The van der Waals surface area contributed by atoms with E-state index in [0.29, 0.717) is 0 Å². The van der Waals surface area contributed by atoms with Gasteiger partial charge in [-0.2, -0.15) is 0 Å². The van der Waals surface area contributed by atoms with E-state index in [1.807, 2.05) is 48.7 Å². The fraction of sp³-hybridized carbons (Fsp3) is 0.158. The average molecular weight is 336 g/mol. The molecule has 0 N–H and O–H groups in total. The van der Waals surface area contributed by atoms with Crippen LogP contribution in [0.5, 0.6) is 0 Å². The van der Waals surface area contributed by atoms with Gasteiger partial charge in [0.2, 0.25) is 0 Å². The molecule has 4 rings (SSSR count). The highest BCUT2D eigenvalue weighted by Gasteiger charge is 2.36. The lowest BCUT2D eigenvalue weighted by Crippen LogP contribution is -1.99. The third-order valence-corrected chi connectivity index (χ3v) is 5.10. The number of benzene rings is 1. The quantitative estimate of drug-likeness (QED) is 0.619. The van der Waals surface area contributed by atoms with Crippen molar-refractivity contribution in [2.24, 2.45) is 9.98 Å². The van der Waals surface area contributed by atoms with E-state index >= 15 is 0 Å². The van der Waals surface area contributed by atoms with Crippen LogP contribution >= 0.6 is 11.8 Å². The highest BCUT2D eigenvalue weighted by atomic mass is 32.2. The molecule has 0 unspecified atom stereocenters. The molecule has 24 heavy (non-hydrogen) atoms. The molecule has 2 atom stereocenters. The van der Waals surface area contributed by atoms with Crippen molar-refractivity contribution in [3.63, 3.8) is 0 Å². The zero-order valence-electron chi connectivity index (χ0n) is 13.1. The first kappa shape index (κ1) is 15.0. The highest BCUT2D eigenvalue weighted by Crippen LogP contribution is 2.48. The molecule has 1 aliphatic rings. The maximum atomic E-state index is 5.59. The highest BCUT2D eigenvalue weighted by molar-refractivity contribution is 8.14. The number of aliphatic imine (C=N–C) groups is 2. The van der Waals surface area contributed by atoms with Gasteiger partial charge in [-0.05, 0) is 42.3 Å². The van der Waals surface area contributed by atoms with Crippen LogP contribution < -0.4 is 0 Å². The third-order valence-electron chi connectivity index (χ3n) is 3.93. The molecule has 0 amide bonds. The Bertz CT molecular complexity index is 867. The van der Waals surface area contributed by atoms with Gasteiger partial charge >= 0.3 is 0 Å². The number of aryl methyl sites for hydroxylation is 1. The van der Waals surface area contributed by atoms with Crippen LogP contribution in [-0.2, 0) is 0 Å². The Morgan fingerprint density at radius 2 is 1.75 bits per heavy atom. The number of furan rings is 2. The van der Waals surface area contributed by atoms with Gasteiger partial charge in [-0.25, -0.2) is 9.98 Å². The molecule has 5 heteroatoms. The van der Waals surface area contributed by atoms with Gasteiger partial charge in [0.1, 0.15) is 22.8 Å². The van der Waals surface area contributed by atoms with Crippen LogP contribution in [0.15, 0.2) is 79.9 Å². The summed E-state index contributed by atoms with van der Waals surface area (Å²) in [5.41, 5.74) is 2.28. The Hall–Kier alpha value is -2.53. The van der Waals surface area contributed by atoms with Gasteiger partial charge in [-0.15, -0.1) is 0 Å². The van der Waals surface area contributed by atoms with E-state index in [-0.39, 0.29) is 11.3 Å². The van der Waals surface area contributed by atoms with E-state index in [9.17, 15) is 0 Å². The number of nitrogens with zero attached hydrogens (tertiary/aromatic N) is 2. The maximum Gasteiger partial charge on any atom is 0.184 e. The first-order valence-electron chi connectivity index (χ1n) is 7.72. The van der Waals surface area contributed by atoms with Crippen molar-refractivity contribution < 1.29 is 8.83 Å². The number of amidine groups is 1. The zero-order chi connectivity index (χ0) is 16.4. The summed E-state index contributed by atoms with van der Waals surface area (Å²) in [6.45, 7) is 2.07. The molecule has 2 aromatic heterocycles. The van der Waals surface area contributed by atoms with Gasteiger partial charge < -0.3 is 8.83 Å². The van der Waals surface area contributed by atoms with Gasteiger partial charge in [-0.3, -0.25) is 0 Å². The molecule has 0 bridgehead atoms. The van der Waals surface area contributed by atoms with Crippen LogP contribution in [0.3, 0.4) is 0 Å². The van der Waals surface area contributed by atoms with Crippen molar-refractivity contribution in [1.29, 1.82) is 0 Å². The van der Waals surface area contributed by atoms with E-state index in [1.165, 1.54) is 5.56 Å². The predicted molar refractivity (Wildman–Crippen MR) is 96.7 cm³/mol. The van der Waals surface area contributed by atoms with Crippen LogP contribution in [0.2, 0.25) is 0 Å². The van der Waals surface area contributed by atoms with Crippen molar-refractivity contribution >= 4 is 23.1 Å². The Labute approximate surface area is 144 Å². The van der Waals surface area contributed by atoms with E-state index in [1.54, 1.807) is 24.3 Å². The first-order chi connectivity index (χ1) is 11.8. The first-order valence-corrected chi connectivity index (χ1v) is 8.60. The minimum absolute atomic E-state index is 0.0372. The van der Waals surface area contributed by atoms with Gasteiger partial charge in [0.25, 0.3) is 0 Å². The third kappa shape index (κ3) is 2.95. The van der Waals surface area contributed by atoms with Crippen LogP contribution in [0.1, 0.15) is 33.9 Å². The van der Waals surface area contributed by atoms with Gasteiger partial charge in [-0.1, -0.05) is 36.0 Å². The predicted octanol–water partition coefficient (Wildman–Crippen LogP) is 5.19. The maximum absolute atomic E-state index is 5.59. The molecule has 0 saturated carbocycles. The number of rotatable bonds is 3. The molecule has 0 radical (unpaired) electrons. The summed E-state index contributed by atoms with van der Waals surface area (Å²) in [4.78, 5) is 9.32. The molecule has 120 valence electrons. The summed E-state index contributed by atoms with van der Waals surface area (Å²) >= 11 is 1.60. The fourth-order valence-electron chi connectivity index (χ4n) is 2.65. The number of hydrogen-bond donors (Lipinski definition) is 0. The topological polar surface area (TPSA) is 51.0 Å². The summed E-state index contributed by atoms with van der Waals surface area (Å²) in [6, 6.07) is 15.7. The lowest BCUT2D eigenvalue weighted by molar-refractivity contribution is 0.432. The van der Waals surface area contributed by atoms with Crippen molar-refractivity contribution in [3.8, 4) is 0 Å². The standard InChI is InChI=1S/C19H16N2O2S/c1-13-6-2-3-7-14(13)12-20-19-21-17(15-8-4-10-22-15)18(24-19)16-9-5-11-23-16/h2-12,17-18H,1H3/t17-,18-/m0/s1. The fourth-order valence-corrected chi connectivity index (χ4v) is 3.74. The normalized spacial score (nSPS) is 20.6. The van der Waals surface area contributed by atoms with Crippen LogP contribution in [-0.4, -0.2) is 11.4 Å². The van der Waals surface area contributed by atoms with Crippen molar-refractivity contribution in [2.45, 2.75) is 18.2 Å². The summed E-state index contributed by atoms with van der Waals surface area (Å²) in [7, 11) is 0. The molecule has 1 aromatic carbocycles. The van der Waals surface area contributed by atoms with Gasteiger partial charge in [0, 0.05) is 6.21 Å². The van der Waals surface area contributed by atoms with Crippen LogP contribution in [0.25, 0.3) is 0 Å². The second-order valence-corrected chi connectivity index (χ2v) is 6.65. The molecule has 0 spiro atoms. The molecular formula is C19H16N2O2S. The lowest BCUT2D eigenvalue weighted by atomic mass is 10.1. The number of hydrogen-bond acceptors (Lipinski definition) is 5. The van der Waals surface area contributed by atoms with Gasteiger partial charge in [0.15, 0.2) is 5.17 Å². The lowest BCUT2D eigenvalue weighted by Gasteiger charge is -2.11. The summed E-state index contributed by atoms with van der Waals surface area (Å²) in [5.74, 6) is 1.70. The Kier molecular flexibility index (Phi) is 4.09. The molecule has 3 heterocycles. The van der Waals surface area contributed by atoms with E-state index < -0.39 is 0 Å². The van der Waals surface area contributed by atoms with Crippen molar-refractivity contribution in [1.82, 2.24) is 0 Å². The Balaban J connectivity index is 1.62. The van der Waals surface area contributed by atoms with Crippen LogP contribution in [0.4, 0.5) is 0 Å². The Morgan fingerprint density at radius 1 is 1.00 bits per heavy atom. The zero-order valence-corrected chi connectivity index (χ0v) is 13.9. The Morgan fingerprint density at radius 3 is 2.46 bits per heavy atom. The van der Waals surface area contributed by atoms with Gasteiger partial charge in [0.05, 0.1) is 12.5 Å². The van der Waals surface area contributed by atoms with Crippen LogP contribution in [0, 0.1) is 6.92 Å². The van der Waals surface area contributed by atoms with E-state index in [4.69, 9.17) is 13.8 Å². The molecule has 1 aliphatic heterocycles. The van der Waals surface area contributed by atoms with E-state index in [0.717, 1.165) is 22.3 Å². The SMILES string of the molecule is Cc1ccccc1C=NC1=N[C@@H](c2ccco2)[C@H](c2ccco2)S1. The average Bonchev–Trinajstić information content (AvgIpc) is 3.33. The molecule has 0 saturated heterocycles. The minimum Gasteiger partial charge on any atom is -0.468 e. The molecule has 0 fully saturated rings. The largest absolute Gasteiger partial charge is 0.468 e. The van der Waals surface area contributed by atoms with E-state index in [2.05, 4.69) is 18.0 Å². The summed E-state index contributed by atoms with van der Waals surface area (Å²) in [5, 5.41) is 0.774. The molecule has 3 aromatic rings.